The van der Waals surface area contributed by atoms with Crippen LogP contribution in [0.1, 0.15) is 219 Å². The second-order valence-corrected chi connectivity index (χ2v) is 15.2. The Balaban J connectivity index is 3.47. The molecule has 0 aliphatic heterocycles. The van der Waals surface area contributed by atoms with Gasteiger partial charge in [0.25, 0.3) is 0 Å². The standard InChI is InChI=1S/C42H84NO4/c1-5-7-9-11-13-15-17-19-21-23-25-27-29-31-33-35-41(44)46-39-37-43(3,4)38-40-47-42(45)36-34-32-30-28-26-24-22-20-18-16-14-12-10-8-6-2/h5-40H2,1-4H3/q+1. The first-order valence-corrected chi connectivity index (χ1v) is 21.0. The molecule has 280 valence electrons. The van der Waals surface area contributed by atoms with Gasteiger partial charge in [-0.05, 0) is 12.8 Å². The largest absolute Gasteiger partial charge is 0.460 e. The number of rotatable bonds is 38. The Morgan fingerprint density at radius 1 is 0.362 bits per heavy atom. The van der Waals surface area contributed by atoms with Crippen molar-refractivity contribution in [1.29, 1.82) is 0 Å². The number of unbranched alkanes of at least 4 members (excludes halogenated alkanes) is 28. The maximum Gasteiger partial charge on any atom is 0.305 e. The highest BCUT2D eigenvalue weighted by atomic mass is 16.5. The zero-order chi connectivity index (χ0) is 34.5. The van der Waals surface area contributed by atoms with Gasteiger partial charge >= 0.3 is 11.9 Å². The summed E-state index contributed by atoms with van der Waals surface area (Å²) < 4.78 is 11.7. The third-order valence-electron chi connectivity index (χ3n) is 9.89. The van der Waals surface area contributed by atoms with Crippen LogP contribution in [0.15, 0.2) is 0 Å². The van der Waals surface area contributed by atoms with Gasteiger partial charge in [-0.2, -0.15) is 0 Å². The monoisotopic (exact) mass is 667 g/mol. The van der Waals surface area contributed by atoms with Gasteiger partial charge in [-0.3, -0.25) is 9.59 Å². The molecule has 5 nitrogen and oxygen atoms in total. The number of esters is 2. The maximum absolute atomic E-state index is 12.1. The number of hydrogen-bond donors (Lipinski definition) is 0. The number of nitrogens with zero attached hydrogens (tertiary/aromatic N) is 1. The Morgan fingerprint density at radius 2 is 0.574 bits per heavy atom. The van der Waals surface area contributed by atoms with Crippen molar-refractivity contribution in [1.82, 2.24) is 0 Å². The Hall–Kier alpha value is -1.10. The van der Waals surface area contributed by atoms with Crippen LogP contribution in [0.2, 0.25) is 0 Å². The fourth-order valence-electron chi connectivity index (χ4n) is 6.35. The molecule has 0 aliphatic rings. The number of ether oxygens (including phenoxy) is 2. The maximum atomic E-state index is 12.1. The average Bonchev–Trinajstić information content (AvgIpc) is 3.04. The number of likely N-dealkylation sites (N-methyl/N-ethyl adjacent to an activating group) is 1. The molecule has 0 unspecified atom stereocenters. The minimum Gasteiger partial charge on any atom is -0.460 e. The molecule has 0 aliphatic carbocycles. The summed E-state index contributed by atoms with van der Waals surface area (Å²) in [5, 5.41) is 0. The van der Waals surface area contributed by atoms with Crippen LogP contribution >= 0.6 is 0 Å². The Labute approximate surface area is 294 Å². The highest BCUT2D eigenvalue weighted by Gasteiger charge is 2.17. The number of quaternary nitrogens is 1. The van der Waals surface area contributed by atoms with Crippen LogP contribution in [0.5, 0.6) is 0 Å². The van der Waals surface area contributed by atoms with Crippen molar-refractivity contribution in [3.05, 3.63) is 0 Å². The predicted octanol–water partition coefficient (Wildman–Crippen LogP) is 12.7. The van der Waals surface area contributed by atoms with E-state index in [4.69, 9.17) is 9.47 Å². The minimum atomic E-state index is -0.0744. The van der Waals surface area contributed by atoms with Crippen LogP contribution in [-0.4, -0.2) is 56.8 Å². The van der Waals surface area contributed by atoms with Gasteiger partial charge in [0, 0.05) is 12.8 Å². The molecule has 0 bridgehead atoms. The van der Waals surface area contributed by atoms with E-state index in [0.29, 0.717) is 30.5 Å². The van der Waals surface area contributed by atoms with Crippen LogP contribution in [0.4, 0.5) is 0 Å². The number of carbonyl (C=O) groups is 2. The van der Waals surface area contributed by atoms with Crippen molar-refractivity contribution in [3.63, 3.8) is 0 Å². The van der Waals surface area contributed by atoms with Gasteiger partial charge in [0.05, 0.1) is 14.1 Å². The topological polar surface area (TPSA) is 52.6 Å². The van der Waals surface area contributed by atoms with E-state index in [1.54, 1.807) is 0 Å². The summed E-state index contributed by atoms with van der Waals surface area (Å²) in [7, 11) is 4.20. The molecule has 0 saturated carbocycles. The van der Waals surface area contributed by atoms with Crippen molar-refractivity contribution in [2.75, 3.05) is 40.4 Å². The summed E-state index contributed by atoms with van der Waals surface area (Å²) in [6.45, 7) is 6.89. The van der Waals surface area contributed by atoms with Crippen LogP contribution in [0, 0.1) is 0 Å². The number of carbonyl (C=O) groups excluding carboxylic acids is 2. The van der Waals surface area contributed by atoms with Gasteiger partial charge in [0.2, 0.25) is 0 Å². The molecule has 0 aromatic carbocycles. The molecule has 0 saturated heterocycles. The first kappa shape index (κ1) is 45.9. The van der Waals surface area contributed by atoms with E-state index in [1.807, 2.05) is 0 Å². The van der Waals surface area contributed by atoms with Crippen LogP contribution in [-0.2, 0) is 19.1 Å². The van der Waals surface area contributed by atoms with Crippen molar-refractivity contribution in [2.45, 2.75) is 219 Å². The van der Waals surface area contributed by atoms with E-state index >= 15 is 0 Å². The first-order chi connectivity index (χ1) is 22.9. The molecule has 47 heavy (non-hydrogen) atoms. The molecular weight excluding hydrogens is 582 g/mol. The molecule has 0 atom stereocenters. The van der Waals surface area contributed by atoms with Crippen LogP contribution in [0.25, 0.3) is 0 Å². The second kappa shape index (κ2) is 36.2. The van der Waals surface area contributed by atoms with Crippen molar-refractivity contribution in [2.24, 2.45) is 0 Å². The van der Waals surface area contributed by atoms with E-state index in [2.05, 4.69) is 27.9 Å². The molecule has 0 amide bonds. The average molecular weight is 667 g/mol. The lowest BCUT2D eigenvalue weighted by atomic mass is 10.0. The lowest BCUT2D eigenvalue weighted by molar-refractivity contribution is -0.890. The van der Waals surface area contributed by atoms with Gasteiger partial charge in [-0.1, -0.05) is 194 Å². The van der Waals surface area contributed by atoms with Gasteiger partial charge in [-0.15, -0.1) is 0 Å². The van der Waals surface area contributed by atoms with Gasteiger partial charge in [0.15, 0.2) is 0 Å². The lowest BCUT2D eigenvalue weighted by Crippen LogP contribution is -2.45. The fourth-order valence-corrected chi connectivity index (χ4v) is 6.35. The van der Waals surface area contributed by atoms with E-state index in [9.17, 15) is 9.59 Å². The Bertz CT molecular complexity index is 611. The Kier molecular flexibility index (Phi) is 35.3. The molecule has 0 heterocycles. The van der Waals surface area contributed by atoms with Crippen molar-refractivity contribution in [3.8, 4) is 0 Å². The molecule has 0 N–H and O–H groups in total. The summed E-state index contributed by atoms with van der Waals surface area (Å²) in [5.74, 6) is -0.149. The molecule has 5 heteroatoms. The van der Waals surface area contributed by atoms with E-state index < -0.39 is 0 Å². The molecule has 0 aromatic heterocycles. The van der Waals surface area contributed by atoms with E-state index in [1.165, 1.54) is 167 Å². The quantitative estimate of drug-likeness (QED) is 0.0374. The molecule has 0 aromatic rings. The molecule has 0 radical (unpaired) electrons. The zero-order valence-electron chi connectivity index (χ0n) is 32.5. The third-order valence-corrected chi connectivity index (χ3v) is 9.89. The second-order valence-electron chi connectivity index (χ2n) is 15.2. The fraction of sp³-hybridized carbons (Fsp3) is 0.952. The SMILES string of the molecule is CCCCCCCCCCCCCCCCCC(=O)OCC[N+](C)(C)CCOC(=O)CCCCCCCCCCCCCCCCC. The predicted molar refractivity (Wildman–Crippen MR) is 203 cm³/mol. The molecular formula is C42H84NO4+. The van der Waals surface area contributed by atoms with Crippen LogP contribution < -0.4 is 0 Å². The summed E-state index contributed by atoms with van der Waals surface area (Å²) in [6.07, 6.45) is 40.9. The van der Waals surface area contributed by atoms with Crippen LogP contribution in [0.3, 0.4) is 0 Å². The minimum absolute atomic E-state index is 0.0744. The highest BCUT2D eigenvalue weighted by Crippen LogP contribution is 2.15. The Morgan fingerprint density at radius 3 is 0.809 bits per heavy atom. The normalized spacial score (nSPS) is 11.7. The van der Waals surface area contributed by atoms with Gasteiger partial charge in [0.1, 0.15) is 26.3 Å². The lowest BCUT2D eigenvalue weighted by Gasteiger charge is -2.29. The number of hydrogen-bond acceptors (Lipinski definition) is 4. The van der Waals surface area contributed by atoms with Gasteiger partial charge in [-0.25, -0.2) is 0 Å². The summed E-state index contributed by atoms with van der Waals surface area (Å²) in [4.78, 5) is 24.3. The third kappa shape index (κ3) is 37.6. The molecule has 0 fully saturated rings. The first-order valence-electron chi connectivity index (χ1n) is 21.0. The molecule has 0 rings (SSSR count). The van der Waals surface area contributed by atoms with E-state index in [-0.39, 0.29) is 11.9 Å². The summed E-state index contributed by atoms with van der Waals surface area (Å²) in [6, 6.07) is 0. The van der Waals surface area contributed by atoms with Crippen molar-refractivity contribution < 1.29 is 23.5 Å². The van der Waals surface area contributed by atoms with Crippen molar-refractivity contribution >= 4 is 11.9 Å². The smallest absolute Gasteiger partial charge is 0.305 e. The summed E-state index contributed by atoms with van der Waals surface area (Å²) in [5.41, 5.74) is 0. The molecule has 0 spiro atoms. The summed E-state index contributed by atoms with van der Waals surface area (Å²) >= 11 is 0. The highest BCUT2D eigenvalue weighted by molar-refractivity contribution is 5.69. The van der Waals surface area contributed by atoms with E-state index in [0.717, 1.165) is 38.8 Å². The van der Waals surface area contributed by atoms with Gasteiger partial charge < -0.3 is 14.0 Å². The zero-order valence-corrected chi connectivity index (χ0v) is 32.5.